The number of hydrogen-bond acceptors (Lipinski definition) is 4. The van der Waals surface area contributed by atoms with E-state index in [1.807, 2.05) is 26.0 Å². The lowest BCUT2D eigenvalue weighted by Crippen LogP contribution is -2.47. The van der Waals surface area contributed by atoms with Gasteiger partial charge < -0.3 is 19.6 Å². The van der Waals surface area contributed by atoms with E-state index in [1.165, 1.54) is 4.90 Å². The number of hydrogen-bond donors (Lipinski definition) is 1. The van der Waals surface area contributed by atoms with Crippen LogP contribution in [0.1, 0.15) is 35.4 Å². The molecule has 0 bridgehead atoms. The summed E-state index contributed by atoms with van der Waals surface area (Å²) in [6, 6.07) is 3.93. The highest BCUT2D eigenvalue weighted by Gasteiger charge is 2.34. The number of benzene rings is 1. The first-order chi connectivity index (χ1) is 12.8. The van der Waals surface area contributed by atoms with Crippen molar-refractivity contribution in [2.75, 3.05) is 33.3 Å². The van der Waals surface area contributed by atoms with Gasteiger partial charge in [0.25, 0.3) is 0 Å². The second-order valence-corrected chi connectivity index (χ2v) is 7.55. The molecule has 3 rings (SSSR count). The Kier molecular flexibility index (Phi) is 5.39. The number of likely N-dealkylation sites (tertiary alicyclic amines) is 1. The highest BCUT2D eigenvalue weighted by molar-refractivity contribution is 5.89. The maximum Gasteiger partial charge on any atom is 0.308 e. The third kappa shape index (κ3) is 3.91. The van der Waals surface area contributed by atoms with Crippen LogP contribution < -0.4 is 4.74 Å². The standard InChI is InChI=1S/C20H26N2O5/c1-12-7-15-16(11-27-17(15)8-13(12)2)19(24)21(3)10-18(23)22-6-4-5-14(9-22)20(25)26/h7-8,14,16H,4-6,9-11H2,1-3H3,(H,25,26). The van der Waals surface area contributed by atoms with Gasteiger partial charge >= 0.3 is 5.97 Å². The van der Waals surface area contributed by atoms with Crippen LogP contribution >= 0.6 is 0 Å². The van der Waals surface area contributed by atoms with E-state index >= 15 is 0 Å². The van der Waals surface area contributed by atoms with Crippen LogP contribution in [0.3, 0.4) is 0 Å². The third-order valence-electron chi connectivity index (χ3n) is 5.58. The number of carbonyl (C=O) groups excluding carboxylic acids is 2. The number of likely N-dealkylation sites (N-methyl/N-ethyl adjacent to an activating group) is 1. The normalized spacial score (nSPS) is 21.4. The smallest absolute Gasteiger partial charge is 0.308 e. The Balaban J connectivity index is 1.64. The first-order valence-electron chi connectivity index (χ1n) is 9.27. The molecule has 27 heavy (non-hydrogen) atoms. The molecule has 1 aromatic rings. The van der Waals surface area contributed by atoms with Crippen molar-refractivity contribution < 1.29 is 24.2 Å². The molecule has 7 nitrogen and oxygen atoms in total. The van der Waals surface area contributed by atoms with E-state index < -0.39 is 17.8 Å². The number of amides is 2. The molecule has 7 heteroatoms. The van der Waals surface area contributed by atoms with E-state index in [0.717, 1.165) is 22.4 Å². The zero-order valence-corrected chi connectivity index (χ0v) is 16.0. The number of carbonyl (C=O) groups is 3. The molecule has 1 aromatic carbocycles. The Morgan fingerprint density at radius 2 is 1.96 bits per heavy atom. The van der Waals surface area contributed by atoms with Gasteiger partial charge in [-0.2, -0.15) is 0 Å². The average Bonchev–Trinajstić information content (AvgIpc) is 3.03. The molecule has 2 aliphatic rings. The Hall–Kier alpha value is -2.57. The molecule has 0 aliphatic carbocycles. The number of ether oxygens (including phenoxy) is 1. The van der Waals surface area contributed by atoms with Crippen LogP contribution in [0.15, 0.2) is 12.1 Å². The van der Waals surface area contributed by atoms with Gasteiger partial charge in [-0.25, -0.2) is 0 Å². The average molecular weight is 374 g/mol. The van der Waals surface area contributed by atoms with E-state index in [4.69, 9.17) is 9.84 Å². The largest absolute Gasteiger partial charge is 0.492 e. The number of fused-ring (bicyclic) bond motifs is 1. The lowest BCUT2D eigenvalue weighted by atomic mass is 9.96. The second kappa shape index (κ2) is 7.58. The van der Waals surface area contributed by atoms with Gasteiger partial charge in [0.15, 0.2) is 0 Å². The summed E-state index contributed by atoms with van der Waals surface area (Å²) >= 11 is 0. The van der Waals surface area contributed by atoms with Crippen molar-refractivity contribution in [1.82, 2.24) is 9.80 Å². The fraction of sp³-hybridized carbons (Fsp3) is 0.550. The molecule has 146 valence electrons. The topological polar surface area (TPSA) is 87.2 Å². The lowest BCUT2D eigenvalue weighted by Gasteiger charge is -2.32. The minimum atomic E-state index is -0.873. The molecule has 0 radical (unpaired) electrons. The monoisotopic (exact) mass is 374 g/mol. The molecule has 0 spiro atoms. The molecule has 1 N–H and O–H groups in total. The van der Waals surface area contributed by atoms with Crippen molar-refractivity contribution in [3.05, 3.63) is 28.8 Å². The van der Waals surface area contributed by atoms with Gasteiger partial charge in [0, 0.05) is 25.7 Å². The maximum absolute atomic E-state index is 12.9. The first-order valence-corrected chi connectivity index (χ1v) is 9.27. The second-order valence-electron chi connectivity index (χ2n) is 7.55. The van der Waals surface area contributed by atoms with Crippen molar-refractivity contribution in [1.29, 1.82) is 0 Å². The summed E-state index contributed by atoms with van der Waals surface area (Å²) in [5.74, 6) is -1.44. The van der Waals surface area contributed by atoms with Gasteiger partial charge in [0.2, 0.25) is 11.8 Å². The van der Waals surface area contributed by atoms with Gasteiger partial charge in [-0.3, -0.25) is 14.4 Å². The Bertz CT molecular complexity index is 776. The third-order valence-corrected chi connectivity index (χ3v) is 5.58. The SMILES string of the molecule is Cc1cc2c(cc1C)C(C(=O)N(C)CC(=O)N1CCCC(C(=O)O)C1)CO2. The molecular weight excluding hydrogens is 348 g/mol. The summed E-state index contributed by atoms with van der Waals surface area (Å²) in [7, 11) is 1.61. The Morgan fingerprint density at radius 3 is 2.67 bits per heavy atom. The minimum Gasteiger partial charge on any atom is -0.492 e. The van der Waals surface area contributed by atoms with Gasteiger partial charge in [0.1, 0.15) is 18.3 Å². The molecule has 1 saturated heterocycles. The number of nitrogens with zero attached hydrogens (tertiary/aromatic N) is 2. The number of rotatable bonds is 4. The van der Waals surface area contributed by atoms with Gasteiger partial charge in [-0.05, 0) is 43.9 Å². The molecule has 2 atom stereocenters. The van der Waals surface area contributed by atoms with Gasteiger partial charge in [-0.1, -0.05) is 6.07 Å². The van der Waals surface area contributed by atoms with Gasteiger partial charge in [-0.15, -0.1) is 0 Å². The van der Waals surface area contributed by atoms with Crippen molar-refractivity contribution in [2.24, 2.45) is 5.92 Å². The number of aliphatic carboxylic acids is 1. The van der Waals surface area contributed by atoms with Crippen molar-refractivity contribution in [3.63, 3.8) is 0 Å². The number of aryl methyl sites for hydroxylation is 2. The highest BCUT2D eigenvalue weighted by atomic mass is 16.5. The number of carboxylic acids is 1. The summed E-state index contributed by atoms with van der Waals surface area (Å²) in [5, 5.41) is 9.17. The summed E-state index contributed by atoms with van der Waals surface area (Å²) in [6.45, 7) is 4.98. The van der Waals surface area contributed by atoms with E-state index in [-0.39, 0.29) is 31.5 Å². The zero-order valence-electron chi connectivity index (χ0n) is 16.0. The first kappa shape index (κ1) is 19.2. The molecule has 2 amide bonds. The van der Waals surface area contributed by atoms with Crippen molar-refractivity contribution in [3.8, 4) is 5.75 Å². The molecule has 0 saturated carbocycles. The molecule has 2 aliphatic heterocycles. The zero-order chi connectivity index (χ0) is 19.7. The van der Waals surface area contributed by atoms with E-state index in [2.05, 4.69) is 0 Å². The van der Waals surface area contributed by atoms with Crippen LogP contribution in [0.25, 0.3) is 0 Å². The van der Waals surface area contributed by atoms with Crippen molar-refractivity contribution >= 4 is 17.8 Å². The lowest BCUT2D eigenvalue weighted by molar-refractivity contribution is -0.147. The van der Waals surface area contributed by atoms with E-state index in [9.17, 15) is 14.4 Å². The maximum atomic E-state index is 12.9. The predicted molar refractivity (Wildman–Crippen MR) is 98.7 cm³/mol. The van der Waals surface area contributed by atoms with Crippen LogP contribution in [0.2, 0.25) is 0 Å². The number of carboxylic acid groups (broad SMARTS) is 1. The van der Waals surface area contributed by atoms with Crippen molar-refractivity contribution in [2.45, 2.75) is 32.6 Å². The minimum absolute atomic E-state index is 0.0537. The van der Waals surface area contributed by atoms with Gasteiger partial charge in [0.05, 0.1) is 12.5 Å². The van der Waals surface area contributed by atoms with Crippen LogP contribution in [0, 0.1) is 19.8 Å². The molecule has 0 aromatic heterocycles. The summed E-state index contributed by atoms with van der Waals surface area (Å²) in [6.07, 6.45) is 1.26. The highest BCUT2D eigenvalue weighted by Crippen LogP contribution is 2.36. The number of piperidine rings is 1. The van der Waals surface area contributed by atoms with Crippen LogP contribution in [0.5, 0.6) is 5.75 Å². The molecule has 2 heterocycles. The van der Waals surface area contributed by atoms with E-state index in [0.29, 0.717) is 19.4 Å². The summed E-state index contributed by atoms with van der Waals surface area (Å²) in [5.41, 5.74) is 3.08. The van der Waals surface area contributed by atoms with Crippen LogP contribution in [-0.4, -0.2) is 66.0 Å². The fourth-order valence-electron chi connectivity index (χ4n) is 3.73. The predicted octanol–water partition coefficient (Wildman–Crippen LogP) is 1.56. The quantitative estimate of drug-likeness (QED) is 0.864. The Morgan fingerprint density at radius 1 is 1.26 bits per heavy atom. The molecule has 1 fully saturated rings. The summed E-state index contributed by atoms with van der Waals surface area (Å²) in [4.78, 5) is 39.6. The summed E-state index contributed by atoms with van der Waals surface area (Å²) < 4.78 is 5.67. The molecular formula is C20H26N2O5. The fourth-order valence-corrected chi connectivity index (χ4v) is 3.73. The Labute approximate surface area is 158 Å². The molecule has 2 unspecified atom stereocenters. The van der Waals surface area contributed by atoms with Crippen LogP contribution in [-0.2, 0) is 14.4 Å². The van der Waals surface area contributed by atoms with E-state index in [1.54, 1.807) is 11.9 Å². The van der Waals surface area contributed by atoms with Crippen LogP contribution in [0.4, 0.5) is 0 Å².